The fourth-order valence-electron chi connectivity index (χ4n) is 1.95. The summed E-state index contributed by atoms with van der Waals surface area (Å²) in [5.74, 6) is 0. The molecule has 3 nitrogen and oxygen atoms in total. The van der Waals surface area contributed by atoms with Crippen LogP contribution in [0.2, 0.25) is 0 Å². The summed E-state index contributed by atoms with van der Waals surface area (Å²) in [6.07, 6.45) is 7.71. The molecule has 1 saturated heterocycles. The minimum absolute atomic E-state index is 0.627. The lowest BCUT2D eigenvalue weighted by Crippen LogP contribution is -2.27. The summed E-state index contributed by atoms with van der Waals surface area (Å²) in [5, 5.41) is 4.39. The molecule has 1 aliphatic carbocycles. The minimum Gasteiger partial charge on any atom is -0.375 e. The van der Waals surface area contributed by atoms with Crippen molar-refractivity contribution in [3.05, 3.63) is 0 Å². The summed E-state index contributed by atoms with van der Waals surface area (Å²) in [4.78, 5) is 0. The van der Waals surface area contributed by atoms with Crippen LogP contribution in [0.25, 0.3) is 0 Å². The first-order valence-electron chi connectivity index (χ1n) is 5.34. The van der Waals surface area contributed by atoms with Gasteiger partial charge in [-0.1, -0.05) is 19.3 Å². The summed E-state index contributed by atoms with van der Waals surface area (Å²) < 4.78 is 5.23. The van der Waals surface area contributed by atoms with E-state index < -0.39 is 0 Å². The second-order valence-corrected chi connectivity index (χ2v) is 3.94. The number of hydrazone groups is 1. The van der Waals surface area contributed by atoms with Gasteiger partial charge in [-0.25, -0.2) is 0 Å². The van der Waals surface area contributed by atoms with Crippen molar-refractivity contribution in [3.8, 4) is 0 Å². The van der Waals surface area contributed by atoms with Gasteiger partial charge in [-0.15, -0.1) is 0 Å². The maximum absolute atomic E-state index is 5.23. The lowest BCUT2D eigenvalue weighted by molar-refractivity contribution is 0.209. The lowest BCUT2D eigenvalue weighted by Gasteiger charge is -2.21. The maximum atomic E-state index is 5.23. The SMILES string of the molecule is C1CCC(N/N=C2\CCOC2)CC1. The zero-order valence-corrected chi connectivity index (χ0v) is 8.09. The van der Waals surface area contributed by atoms with Crippen LogP contribution in [-0.2, 0) is 4.74 Å². The summed E-state index contributed by atoms with van der Waals surface area (Å²) in [6, 6.07) is 0.627. The second-order valence-electron chi connectivity index (χ2n) is 3.94. The molecular weight excluding hydrogens is 164 g/mol. The van der Waals surface area contributed by atoms with Crippen LogP contribution < -0.4 is 5.43 Å². The zero-order valence-electron chi connectivity index (χ0n) is 8.09. The Kier molecular flexibility index (Phi) is 3.19. The number of hydrogen-bond acceptors (Lipinski definition) is 3. The van der Waals surface area contributed by atoms with Gasteiger partial charge >= 0.3 is 0 Å². The Morgan fingerprint density at radius 1 is 1.23 bits per heavy atom. The predicted molar refractivity (Wildman–Crippen MR) is 52.9 cm³/mol. The van der Waals surface area contributed by atoms with Crippen LogP contribution in [0.5, 0.6) is 0 Å². The molecule has 0 aromatic rings. The molecule has 3 heteroatoms. The zero-order chi connectivity index (χ0) is 8.93. The highest BCUT2D eigenvalue weighted by Crippen LogP contribution is 2.17. The van der Waals surface area contributed by atoms with Gasteiger partial charge < -0.3 is 10.2 Å². The Balaban J connectivity index is 1.73. The van der Waals surface area contributed by atoms with Gasteiger partial charge in [0.1, 0.15) is 0 Å². The summed E-state index contributed by atoms with van der Waals surface area (Å²) in [5.41, 5.74) is 4.46. The molecular formula is C10H18N2O. The van der Waals surface area contributed by atoms with E-state index in [2.05, 4.69) is 10.5 Å². The summed E-state index contributed by atoms with van der Waals surface area (Å²) in [6.45, 7) is 1.59. The third kappa shape index (κ3) is 2.69. The van der Waals surface area contributed by atoms with E-state index in [-0.39, 0.29) is 0 Å². The van der Waals surface area contributed by atoms with Crippen molar-refractivity contribution >= 4 is 5.71 Å². The van der Waals surface area contributed by atoms with Crippen LogP contribution in [0.3, 0.4) is 0 Å². The molecule has 2 rings (SSSR count). The van der Waals surface area contributed by atoms with Crippen molar-refractivity contribution in [2.24, 2.45) is 5.10 Å². The smallest absolute Gasteiger partial charge is 0.0867 e. The Labute approximate surface area is 79.5 Å². The van der Waals surface area contributed by atoms with Gasteiger partial charge in [0.15, 0.2) is 0 Å². The van der Waals surface area contributed by atoms with Gasteiger partial charge in [0.25, 0.3) is 0 Å². The molecule has 2 fully saturated rings. The number of rotatable bonds is 2. The van der Waals surface area contributed by atoms with Crippen LogP contribution in [0.1, 0.15) is 38.5 Å². The van der Waals surface area contributed by atoms with E-state index in [0.717, 1.165) is 19.6 Å². The molecule has 1 N–H and O–H groups in total. The van der Waals surface area contributed by atoms with E-state index in [0.29, 0.717) is 6.04 Å². The van der Waals surface area contributed by atoms with Gasteiger partial charge in [0, 0.05) is 12.5 Å². The highest BCUT2D eigenvalue weighted by molar-refractivity contribution is 5.86. The molecule has 0 radical (unpaired) electrons. The highest BCUT2D eigenvalue weighted by Gasteiger charge is 2.13. The van der Waals surface area contributed by atoms with E-state index in [1.807, 2.05) is 0 Å². The average Bonchev–Trinajstić information content (AvgIpc) is 2.69. The fourth-order valence-corrected chi connectivity index (χ4v) is 1.95. The van der Waals surface area contributed by atoms with E-state index in [1.54, 1.807) is 0 Å². The van der Waals surface area contributed by atoms with Crippen LogP contribution in [0.15, 0.2) is 5.10 Å². The highest BCUT2D eigenvalue weighted by atomic mass is 16.5. The van der Waals surface area contributed by atoms with Crippen LogP contribution >= 0.6 is 0 Å². The van der Waals surface area contributed by atoms with Crippen molar-refractivity contribution in [2.45, 2.75) is 44.6 Å². The number of ether oxygens (including phenoxy) is 1. The molecule has 0 aromatic carbocycles. The maximum Gasteiger partial charge on any atom is 0.0867 e. The molecule has 0 aromatic heterocycles. The van der Waals surface area contributed by atoms with Crippen molar-refractivity contribution in [2.75, 3.05) is 13.2 Å². The molecule has 0 spiro atoms. The van der Waals surface area contributed by atoms with Crippen LogP contribution in [0.4, 0.5) is 0 Å². The number of nitrogens with zero attached hydrogens (tertiary/aromatic N) is 1. The average molecular weight is 182 g/mol. The molecule has 1 aliphatic heterocycles. The van der Waals surface area contributed by atoms with E-state index in [9.17, 15) is 0 Å². The van der Waals surface area contributed by atoms with Gasteiger partial charge in [0.05, 0.1) is 18.9 Å². The molecule has 1 saturated carbocycles. The van der Waals surface area contributed by atoms with Crippen molar-refractivity contribution < 1.29 is 4.74 Å². The molecule has 2 aliphatic rings. The molecule has 0 atom stereocenters. The van der Waals surface area contributed by atoms with Crippen molar-refractivity contribution in [3.63, 3.8) is 0 Å². The minimum atomic E-state index is 0.627. The van der Waals surface area contributed by atoms with Gasteiger partial charge in [-0.05, 0) is 12.8 Å². The van der Waals surface area contributed by atoms with E-state index in [1.165, 1.54) is 37.8 Å². The van der Waals surface area contributed by atoms with Crippen LogP contribution in [-0.4, -0.2) is 25.0 Å². The Bertz CT molecular complexity index is 177. The summed E-state index contributed by atoms with van der Waals surface area (Å²) >= 11 is 0. The first-order valence-corrected chi connectivity index (χ1v) is 5.34. The van der Waals surface area contributed by atoms with E-state index in [4.69, 9.17) is 4.74 Å². The predicted octanol–water partition coefficient (Wildman–Crippen LogP) is 1.69. The molecule has 1 heterocycles. The third-order valence-corrected chi connectivity index (χ3v) is 2.81. The largest absolute Gasteiger partial charge is 0.375 e. The third-order valence-electron chi connectivity index (χ3n) is 2.81. The first kappa shape index (κ1) is 9.00. The van der Waals surface area contributed by atoms with Gasteiger partial charge in [0.2, 0.25) is 0 Å². The quantitative estimate of drug-likeness (QED) is 0.659. The molecule has 0 unspecified atom stereocenters. The number of hydrogen-bond donors (Lipinski definition) is 1. The summed E-state index contributed by atoms with van der Waals surface area (Å²) in [7, 11) is 0. The standard InChI is InChI=1S/C10H18N2O/c1-2-4-9(5-3-1)11-12-10-6-7-13-8-10/h9,11H,1-8H2/b12-10+. The first-order chi connectivity index (χ1) is 6.45. The number of nitrogens with one attached hydrogen (secondary N) is 1. The topological polar surface area (TPSA) is 33.6 Å². The monoisotopic (exact) mass is 182 g/mol. The second kappa shape index (κ2) is 4.61. The molecule has 74 valence electrons. The fraction of sp³-hybridized carbons (Fsp3) is 0.900. The van der Waals surface area contributed by atoms with Gasteiger partial charge in [-0.2, -0.15) is 5.10 Å². The van der Waals surface area contributed by atoms with E-state index >= 15 is 0 Å². The lowest BCUT2D eigenvalue weighted by atomic mass is 9.96. The molecule has 0 amide bonds. The van der Waals surface area contributed by atoms with Crippen molar-refractivity contribution in [1.82, 2.24) is 5.43 Å². The molecule has 13 heavy (non-hydrogen) atoms. The Morgan fingerprint density at radius 3 is 2.77 bits per heavy atom. The molecule has 0 bridgehead atoms. The van der Waals surface area contributed by atoms with Crippen molar-refractivity contribution in [1.29, 1.82) is 0 Å². The van der Waals surface area contributed by atoms with Gasteiger partial charge in [-0.3, -0.25) is 0 Å². The Hall–Kier alpha value is -0.570. The Morgan fingerprint density at radius 2 is 2.08 bits per heavy atom. The normalized spacial score (nSPS) is 28.2. The van der Waals surface area contributed by atoms with Crippen LogP contribution in [0, 0.1) is 0 Å².